The number of rotatable bonds is 2. The predicted octanol–water partition coefficient (Wildman–Crippen LogP) is 3.14. The first-order chi connectivity index (χ1) is 10.3. The Hall–Kier alpha value is -2.88. The van der Waals surface area contributed by atoms with E-state index in [0.29, 0.717) is 5.56 Å². The van der Waals surface area contributed by atoms with Crippen molar-refractivity contribution in [1.82, 2.24) is 10.2 Å². The number of nitrogens with one attached hydrogen (secondary N) is 1. The van der Waals surface area contributed by atoms with Gasteiger partial charge in [0, 0.05) is 0 Å². The van der Waals surface area contributed by atoms with Crippen molar-refractivity contribution in [2.45, 2.75) is 13.1 Å². The molecule has 0 aliphatic rings. The van der Waals surface area contributed by atoms with E-state index in [2.05, 4.69) is 10.2 Å². The van der Waals surface area contributed by atoms with Crippen LogP contribution in [0.3, 0.4) is 0 Å². The number of benzene rings is 1. The summed E-state index contributed by atoms with van der Waals surface area (Å²) in [6.45, 7) is 1.51. The maximum absolute atomic E-state index is 12.9. The van der Waals surface area contributed by atoms with Gasteiger partial charge >= 0.3 is 6.18 Å². The topological polar surface area (TPSA) is 69.5 Å². The molecule has 1 N–H and O–H groups in total. The molecule has 1 aromatic heterocycles. The maximum atomic E-state index is 12.9. The van der Waals surface area contributed by atoms with E-state index in [-0.39, 0.29) is 16.8 Å². The summed E-state index contributed by atoms with van der Waals surface area (Å²) in [5, 5.41) is 14.8. The van der Waals surface area contributed by atoms with Crippen LogP contribution in [0.2, 0.25) is 0 Å². The first kappa shape index (κ1) is 15.5. The number of hydrogen-bond donors (Lipinski definition) is 1. The molecule has 112 valence electrons. The first-order valence-electron chi connectivity index (χ1n) is 6.18. The zero-order valence-corrected chi connectivity index (χ0v) is 11.4. The molecule has 7 heteroatoms. The molecule has 0 spiro atoms. The smallest absolute Gasteiger partial charge is 0.267 e. The van der Waals surface area contributed by atoms with Gasteiger partial charge in [0.1, 0.15) is 11.6 Å². The van der Waals surface area contributed by atoms with Gasteiger partial charge in [-0.15, -0.1) is 0 Å². The van der Waals surface area contributed by atoms with Crippen molar-refractivity contribution < 1.29 is 13.2 Å². The van der Waals surface area contributed by atoms with E-state index >= 15 is 0 Å². The lowest BCUT2D eigenvalue weighted by Gasteiger charge is -2.09. The fourth-order valence-electron chi connectivity index (χ4n) is 1.92. The molecule has 0 aliphatic heterocycles. The second kappa shape index (κ2) is 5.85. The fraction of sp³-hybridized carbons (Fsp3) is 0.133. The van der Waals surface area contributed by atoms with Crippen LogP contribution in [0.25, 0.3) is 12.2 Å². The predicted molar refractivity (Wildman–Crippen MR) is 74.7 cm³/mol. The van der Waals surface area contributed by atoms with Crippen molar-refractivity contribution in [3.63, 3.8) is 0 Å². The summed E-state index contributed by atoms with van der Waals surface area (Å²) in [5.74, 6) is 0. The molecule has 0 saturated heterocycles. The van der Waals surface area contributed by atoms with Crippen LogP contribution in [-0.2, 0) is 6.18 Å². The van der Waals surface area contributed by atoms with Crippen LogP contribution < -0.4 is 5.56 Å². The van der Waals surface area contributed by atoms with E-state index in [9.17, 15) is 18.0 Å². The third kappa shape index (κ3) is 3.06. The molecule has 4 nitrogen and oxygen atoms in total. The van der Waals surface area contributed by atoms with E-state index in [1.165, 1.54) is 37.3 Å². The molecular formula is C15H10F3N3O. The Morgan fingerprint density at radius 2 is 1.95 bits per heavy atom. The summed E-state index contributed by atoms with van der Waals surface area (Å²) in [6.07, 6.45) is -1.89. The van der Waals surface area contributed by atoms with E-state index in [1.807, 2.05) is 0 Å². The van der Waals surface area contributed by atoms with Crippen LogP contribution in [-0.4, -0.2) is 10.2 Å². The Morgan fingerprint density at radius 1 is 1.27 bits per heavy atom. The molecular weight excluding hydrogens is 295 g/mol. The molecule has 0 unspecified atom stereocenters. The number of aromatic amines is 1. The Kier molecular flexibility index (Phi) is 4.13. The summed E-state index contributed by atoms with van der Waals surface area (Å²) in [5.41, 5.74) is -0.999. The van der Waals surface area contributed by atoms with Gasteiger partial charge in [-0.3, -0.25) is 4.79 Å². The van der Waals surface area contributed by atoms with Gasteiger partial charge in [0.25, 0.3) is 5.56 Å². The largest absolute Gasteiger partial charge is 0.416 e. The average Bonchev–Trinajstić information content (AvgIpc) is 2.46. The summed E-state index contributed by atoms with van der Waals surface area (Å²) >= 11 is 0. The van der Waals surface area contributed by atoms with Crippen LogP contribution >= 0.6 is 0 Å². The molecule has 0 saturated carbocycles. The number of alkyl halides is 3. The molecule has 22 heavy (non-hydrogen) atoms. The van der Waals surface area contributed by atoms with Crippen molar-refractivity contribution in [3.8, 4) is 6.07 Å². The lowest BCUT2D eigenvalue weighted by Crippen LogP contribution is -2.15. The minimum atomic E-state index is -4.47. The molecule has 2 aromatic rings. The van der Waals surface area contributed by atoms with Crippen LogP contribution in [0.15, 0.2) is 29.1 Å². The fourth-order valence-corrected chi connectivity index (χ4v) is 1.92. The number of aromatic nitrogens is 2. The lowest BCUT2D eigenvalue weighted by molar-refractivity contribution is -0.137. The molecule has 0 bridgehead atoms. The van der Waals surface area contributed by atoms with Crippen LogP contribution in [0.4, 0.5) is 13.2 Å². The van der Waals surface area contributed by atoms with Crippen molar-refractivity contribution in [1.29, 1.82) is 5.26 Å². The summed E-state index contributed by atoms with van der Waals surface area (Å²) in [6, 6.07) is 6.84. The van der Waals surface area contributed by atoms with Gasteiger partial charge < -0.3 is 0 Å². The van der Waals surface area contributed by atoms with Gasteiger partial charge in [-0.1, -0.05) is 24.3 Å². The van der Waals surface area contributed by atoms with Crippen molar-refractivity contribution in [2.75, 3.05) is 0 Å². The molecule has 0 amide bonds. The van der Waals surface area contributed by atoms with Gasteiger partial charge in [0.15, 0.2) is 0 Å². The van der Waals surface area contributed by atoms with Gasteiger partial charge in [0.05, 0.1) is 11.3 Å². The number of nitriles is 1. The minimum absolute atomic E-state index is 0.0269. The van der Waals surface area contributed by atoms with Crippen molar-refractivity contribution >= 4 is 12.2 Å². The second-order valence-electron chi connectivity index (χ2n) is 4.47. The number of halogens is 3. The number of nitrogens with zero attached hydrogens (tertiary/aromatic N) is 2. The minimum Gasteiger partial charge on any atom is -0.267 e. The van der Waals surface area contributed by atoms with Crippen molar-refractivity contribution in [2.24, 2.45) is 0 Å². The standard InChI is InChI=1S/C15H10F3N3O/c1-9-11(8-19)14(22)21-20-13(9)7-6-10-4-2-3-5-12(10)15(16,17)18/h2-7H,1H3,(H,21,22)/b7-6-. The maximum Gasteiger partial charge on any atom is 0.416 e. The Labute approximate surface area is 123 Å². The zero-order chi connectivity index (χ0) is 16.3. The lowest BCUT2D eigenvalue weighted by atomic mass is 10.0. The molecule has 0 aliphatic carbocycles. The third-order valence-electron chi connectivity index (χ3n) is 3.06. The molecule has 0 atom stereocenters. The number of H-pyrrole nitrogens is 1. The van der Waals surface area contributed by atoms with Crippen LogP contribution in [0.1, 0.15) is 27.9 Å². The van der Waals surface area contributed by atoms with Gasteiger partial charge in [-0.05, 0) is 30.2 Å². The second-order valence-corrected chi connectivity index (χ2v) is 4.47. The van der Waals surface area contributed by atoms with Gasteiger partial charge in [-0.2, -0.15) is 23.5 Å². The van der Waals surface area contributed by atoms with Crippen LogP contribution in [0.5, 0.6) is 0 Å². The molecule has 2 rings (SSSR count). The summed E-state index contributed by atoms with van der Waals surface area (Å²) in [4.78, 5) is 11.4. The van der Waals surface area contributed by atoms with Crippen molar-refractivity contribution in [3.05, 3.63) is 62.6 Å². The molecule has 1 aromatic carbocycles. The third-order valence-corrected chi connectivity index (χ3v) is 3.06. The average molecular weight is 305 g/mol. The molecule has 1 heterocycles. The van der Waals surface area contributed by atoms with E-state index < -0.39 is 17.3 Å². The highest BCUT2D eigenvalue weighted by Crippen LogP contribution is 2.32. The van der Waals surface area contributed by atoms with Crippen LogP contribution in [0, 0.1) is 18.3 Å². The normalized spacial score (nSPS) is 11.6. The molecule has 0 radical (unpaired) electrons. The molecule has 0 fully saturated rings. The number of hydrogen-bond acceptors (Lipinski definition) is 3. The van der Waals surface area contributed by atoms with E-state index in [1.54, 1.807) is 6.07 Å². The highest BCUT2D eigenvalue weighted by molar-refractivity contribution is 5.71. The Morgan fingerprint density at radius 3 is 2.59 bits per heavy atom. The van der Waals surface area contributed by atoms with E-state index in [0.717, 1.165) is 6.07 Å². The highest BCUT2D eigenvalue weighted by atomic mass is 19.4. The Bertz CT molecular complexity index is 829. The quantitative estimate of drug-likeness (QED) is 0.926. The van der Waals surface area contributed by atoms with Gasteiger partial charge in [-0.25, -0.2) is 5.10 Å². The monoisotopic (exact) mass is 305 g/mol. The van der Waals surface area contributed by atoms with Gasteiger partial charge in [0.2, 0.25) is 0 Å². The Balaban J connectivity index is 2.48. The summed E-state index contributed by atoms with van der Waals surface area (Å²) in [7, 11) is 0. The zero-order valence-electron chi connectivity index (χ0n) is 11.4. The van der Waals surface area contributed by atoms with E-state index in [4.69, 9.17) is 5.26 Å². The summed E-state index contributed by atoms with van der Waals surface area (Å²) < 4.78 is 38.7. The highest BCUT2D eigenvalue weighted by Gasteiger charge is 2.32. The first-order valence-corrected chi connectivity index (χ1v) is 6.18. The SMILES string of the molecule is Cc1c(/C=C\c2ccccc2C(F)(F)F)n[nH]c(=O)c1C#N.